The summed E-state index contributed by atoms with van der Waals surface area (Å²) in [4.78, 5) is 32.3. The van der Waals surface area contributed by atoms with Gasteiger partial charge in [-0.1, -0.05) is 30.3 Å². The zero-order chi connectivity index (χ0) is 21.1. The van der Waals surface area contributed by atoms with E-state index in [9.17, 15) is 9.59 Å². The fourth-order valence-corrected chi connectivity index (χ4v) is 4.19. The van der Waals surface area contributed by atoms with E-state index in [4.69, 9.17) is 9.15 Å². The van der Waals surface area contributed by atoms with E-state index in [1.165, 1.54) is 16.5 Å². The Kier molecular flexibility index (Phi) is 5.99. The van der Waals surface area contributed by atoms with Gasteiger partial charge in [-0.15, -0.1) is 0 Å². The summed E-state index contributed by atoms with van der Waals surface area (Å²) in [6.07, 6.45) is 4.37. The molecule has 0 spiro atoms. The van der Waals surface area contributed by atoms with Crippen molar-refractivity contribution < 1.29 is 13.9 Å². The van der Waals surface area contributed by atoms with Crippen LogP contribution in [0.15, 0.2) is 45.9 Å². The van der Waals surface area contributed by atoms with Crippen molar-refractivity contribution in [3.8, 4) is 0 Å². The van der Waals surface area contributed by atoms with Gasteiger partial charge in [0.15, 0.2) is 0 Å². The molecule has 0 aliphatic carbocycles. The molecule has 1 aromatic carbocycles. The summed E-state index contributed by atoms with van der Waals surface area (Å²) in [6, 6.07) is 10.5. The van der Waals surface area contributed by atoms with Crippen molar-refractivity contribution in [2.24, 2.45) is 5.92 Å². The number of fused-ring (bicyclic) bond motifs is 1. The molecule has 30 heavy (non-hydrogen) atoms. The lowest BCUT2D eigenvalue weighted by molar-refractivity contribution is 0.0690. The second-order valence-electron chi connectivity index (χ2n) is 7.87. The first-order valence-electron chi connectivity index (χ1n) is 10.4. The van der Waals surface area contributed by atoms with Crippen LogP contribution in [0.25, 0.3) is 11.1 Å². The minimum atomic E-state index is -0.267. The molecule has 0 bridgehead atoms. The zero-order valence-corrected chi connectivity index (χ0v) is 17.5. The monoisotopic (exact) mass is 409 g/mol. The Labute approximate surface area is 175 Å². The minimum absolute atomic E-state index is 0.146. The van der Waals surface area contributed by atoms with E-state index in [0.717, 1.165) is 19.3 Å². The molecule has 1 aliphatic rings. The van der Waals surface area contributed by atoms with Crippen LogP contribution in [0.2, 0.25) is 0 Å². The SMILES string of the molecule is COCCn1cnc2oc(C)c(C(=O)N3CCC(Cc4ccccc4)CC3)c2c1=O. The number of likely N-dealkylation sites (tertiary alicyclic amines) is 1. The van der Waals surface area contributed by atoms with Gasteiger partial charge >= 0.3 is 0 Å². The van der Waals surface area contributed by atoms with Gasteiger partial charge in [0.1, 0.15) is 17.5 Å². The lowest BCUT2D eigenvalue weighted by Crippen LogP contribution is -2.39. The third-order valence-corrected chi connectivity index (χ3v) is 5.87. The molecule has 1 amide bonds. The van der Waals surface area contributed by atoms with Crippen molar-refractivity contribution in [1.29, 1.82) is 0 Å². The van der Waals surface area contributed by atoms with E-state index >= 15 is 0 Å². The number of piperidine rings is 1. The number of hydrogen-bond acceptors (Lipinski definition) is 5. The standard InChI is InChI=1S/C23H27N3O4/c1-16-19(20-21(30-16)24-15-26(23(20)28)12-13-29-2)22(27)25-10-8-18(9-11-25)14-17-6-4-3-5-7-17/h3-7,15,18H,8-14H2,1-2H3. The predicted octanol–water partition coefficient (Wildman–Crippen LogP) is 3.04. The van der Waals surface area contributed by atoms with E-state index in [1.807, 2.05) is 11.0 Å². The number of nitrogens with zero attached hydrogens (tertiary/aromatic N) is 3. The summed E-state index contributed by atoms with van der Waals surface area (Å²) in [6.45, 7) is 3.85. The topological polar surface area (TPSA) is 77.6 Å². The summed E-state index contributed by atoms with van der Waals surface area (Å²) in [5, 5.41) is 0.266. The van der Waals surface area contributed by atoms with Crippen molar-refractivity contribution in [3.63, 3.8) is 0 Å². The molecular weight excluding hydrogens is 382 g/mol. The van der Waals surface area contributed by atoms with Crippen LogP contribution in [-0.4, -0.2) is 47.2 Å². The number of amides is 1. The molecule has 0 saturated carbocycles. The summed E-state index contributed by atoms with van der Waals surface area (Å²) in [7, 11) is 1.58. The third-order valence-electron chi connectivity index (χ3n) is 5.87. The molecule has 158 valence electrons. The minimum Gasteiger partial charge on any atom is -0.442 e. The molecule has 4 rings (SSSR count). The van der Waals surface area contributed by atoms with Gasteiger partial charge in [0.2, 0.25) is 5.71 Å². The highest BCUT2D eigenvalue weighted by Gasteiger charge is 2.29. The lowest BCUT2D eigenvalue weighted by atomic mass is 9.90. The number of carbonyl (C=O) groups is 1. The maximum Gasteiger partial charge on any atom is 0.265 e. The first-order valence-corrected chi connectivity index (χ1v) is 10.4. The predicted molar refractivity (Wildman–Crippen MR) is 114 cm³/mol. The maximum absolute atomic E-state index is 13.3. The molecule has 1 saturated heterocycles. The second kappa shape index (κ2) is 8.83. The van der Waals surface area contributed by atoms with E-state index in [-0.39, 0.29) is 22.6 Å². The molecule has 7 heteroatoms. The molecular formula is C23H27N3O4. The van der Waals surface area contributed by atoms with E-state index in [1.54, 1.807) is 14.0 Å². The van der Waals surface area contributed by atoms with Crippen LogP contribution in [-0.2, 0) is 17.7 Å². The molecule has 1 aliphatic heterocycles. The van der Waals surface area contributed by atoms with E-state index in [0.29, 0.717) is 43.5 Å². The smallest absolute Gasteiger partial charge is 0.265 e. The van der Waals surface area contributed by atoms with Crippen molar-refractivity contribution in [2.75, 3.05) is 26.8 Å². The molecule has 7 nitrogen and oxygen atoms in total. The number of aromatic nitrogens is 2. The molecule has 0 N–H and O–H groups in total. The maximum atomic E-state index is 13.3. The lowest BCUT2D eigenvalue weighted by Gasteiger charge is -2.32. The molecule has 3 heterocycles. The van der Waals surface area contributed by atoms with Gasteiger partial charge in [-0.2, -0.15) is 0 Å². The number of furan rings is 1. The normalized spacial score (nSPS) is 15.1. The number of rotatable bonds is 6. The van der Waals surface area contributed by atoms with Crippen molar-refractivity contribution in [1.82, 2.24) is 14.5 Å². The first-order chi connectivity index (χ1) is 14.6. The summed E-state index contributed by atoms with van der Waals surface area (Å²) < 4.78 is 12.2. The molecule has 2 aromatic heterocycles. The number of methoxy groups -OCH3 is 1. The van der Waals surface area contributed by atoms with Gasteiger partial charge in [0.25, 0.3) is 11.5 Å². The Morgan fingerprint density at radius 3 is 2.67 bits per heavy atom. The number of benzene rings is 1. The second-order valence-corrected chi connectivity index (χ2v) is 7.87. The van der Waals surface area contributed by atoms with Crippen LogP contribution in [0, 0.1) is 12.8 Å². The number of ether oxygens (including phenoxy) is 1. The average molecular weight is 409 g/mol. The largest absolute Gasteiger partial charge is 0.442 e. The van der Waals surface area contributed by atoms with Crippen LogP contribution in [0.1, 0.15) is 34.5 Å². The Hall–Kier alpha value is -2.93. The van der Waals surface area contributed by atoms with Crippen LogP contribution in [0.5, 0.6) is 0 Å². The van der Waals surface area contributed by atoms with Gasteiger partial charge < -0.3 is 14.1 Å². The summed E-state index contributed by atoms with van der Waals surface area (Å²) in [5.74, 6) is 0.856. The number of carbonyl (C=O) groups excluding carboxylic acids is 1. The highest BCUT2D eigenvalue weighted by molar-refractivity contribution is 6.06. The van der Waals surface area contributed by atoms with Gasteiger partial charge in [-0.25, -0.2) is 4.98 Å². The Bertz CT molecular complexity index is 1080. The van der Waals surface area contributed by atoms with Gasteiger partial charge in [-0.05, 0) is 37.7 Å². The highest BCUT2D eigenvalue weighted by atomic mass is 16.5. The van der Waals surface area contributed by atoms with Crippen molar-refractivity contribution in [2.45, 2.75) is 32.7 Å². The fourth-order valence-electron chi connectivity index (χ4n) is 4.19. The molecule has 0 atom stereocenters. The summed E-state index contributed by atoms with van der Waals surface area (Å²) >= 11 is 0. The number of hydrogen-bond donors (Lipinski definition) is 0. The fraction of sp³-hybridized carbons (Fsp3) is 0.435. The van der Waals surface area contributed by atoms with Crippen LogP contribution >= 0.6 is 0 Å². The quantitative estimate of drug-likeness (QED) is 0.625. The molecule has 3 aromatic rings. The summed E-state index contributed by atoms with van der Waals surface area (Å²) in [5.41, 5.74) is 1.63. The highest BCUT2D eigenvalue weighted by Crippen LogP contribution is 2.26. The first kappa shape index (κ1) is 20.3. The Balaban J connectivity index is 1.52. The molecule has 0 unspecified atom stereocenters. The van der Waals surface area contributed by atoms with Crippen molar-refractivity contribution in [3.05, 3.63) is 63.9 Å². The Morgan fingerprint density at radius 1 is 1.23 bits per heavy atom. The van der Waals surface area contributed by atoms with Crippen LogP contribution < -0.4 is 5.56 Å². The zero-order valence-electron chi connectivity index (χ0n) is 17.5. The average Bonchev–Trinajstić information content (AvgIpc) is 3.11. The van der Waals surface area contributed by atoms with Crippen LogP contribution in [0.3, 0.4) is 0 Å². The van der Waals surface area contributed by atoms with E-state index in [2.05, 4.69) is 29.2 Å². The van der Waals surface area contributed by atoms with Crippen molar-refractivity contribution >= 4 is 17.0 Å². The van der Waals surface area contributed by atoms with Gasteiger partial charge in [0.05, 0.1) is 18.7 Å². The molecule has 0 radical (unpaired) electrons. The Morgan fingerprint density at radius 2 is 1.97 bits per heavy atom. The van der Waals surface area contributed by atoms with Gasteiger partial charge in [-0.3, -0.25) is 14.2 Å². The van der Waals surface area contributed by atoms with E-state index < -0.39 is 0 Å². The third kappa shape index (κ3) is 4.03. The molecule has 1 fully saturated rings. The van der Waals surface area contributed by atoms with Gasteiger partial charge in [0, 0.05) is 20.2 Å². The number of aryl methyl sites for hydroxylation is 1. The van der Waals surface area contributed by atoms with Crippen LogP contribution in [0.4, 0.5) is 0 Å².